The molecule has 3 heterocycles. The summed E-state index contributed by atoms with van der Waals surface area (Å²) in [5, 5.41) is 4.69. The van der Waals surface area contributed by atoms with Crippen LogP contribution in [0, 0.1) is 0 Å². The molecule has 7 nitrogen and oxygen atoms in total. The van der Waals surface area contributed by atoms with E-state index >= 15 is 0 Å². The van der Waals surface area contributed by atoms with Crippen molar-refractivity contribution >= 4 is 29.3 Å². The summed E-state index contributed by atoms with van der Waals surface area (Å²) in [6, 6.07) is 10.3. The molecule has 0 aliphatic carbocycles. The molecule has 1 atom stereocenters. The first-order chi connectivity index (χ1) is 13.1. The molecule has 1 fully saturated rings. The third-order valence-corrected chi connectivity index (χ3v) is 5.46. The van der Waals surface area contributed by atoms with Crippen LogP contribution in [0.3, 0.4) is 0 Å². The number of carbonyl (C=O) groups is 4. The molecule has 7 heteroatoms. The number of imide groups is 2. The van der Waals surface area contributed by atoms with Gasteiger partial charge in [-0.1, -0.05) is 18.2 Å². The minimum atomic E-state index is -0.400. The van der Waals surface area contributed by atoms with Crippen LogP contribution in [0.1, 0.15) is 65.9 Å². The first-order valence-electron chi connectivity index (χ1n) is 8.80. The Morgan fingerprint density at radius 1 is 0.778 bits per heavy atom. The molecule has 0 bridgehead atoms. The molecule has 2 aromatic carbocycles. The van der Waals surface area contributed by atoms with Crippen molar-refractivity contribution in [2.75, 3.05) is 11.4 Å². The predicted molar refractivity (Wildman–Crippen MR) is 95.8 cm³/mol. The molecule has 27 heavy (non-hydrogen) atoms. The molecule has 0 saturated carbocycles. The Kier molecular flexibility index (Phi) is 3.21. The second-order valence-electron chi connectivity index (χ2n) is 6.89. The number of hydrogen-bond acceptors (Lipinski definition) is 5. The highest BCUT2D eigenvalue weighted by molar-refractivity contribution is 6.24. The van der Waals surface area contributed by atoms with E-state index in [0.29, 0.717) is 34.5 Å². The van der Waals surface area contributed by atoms with E-state index in [9.17, 15) is 19.2 Å². The minimum Gasteiger partial charge on any atom is -0.364 e. The standard InChI is InChI=1S/C20H15N3O4/c24-17-11-5-1-4-10(15(11)19(26)21-17)13-8-3-9-23(13)14-7-2-6-12-16(14)20(27)22-18(12)25/h1-2,4-7,13H,3,8-9H2,(H,21,24,26)(H,22,25,27). The van der Waals surface area contributed by atoms with Crippen LogP contribution in [0.5, 0.6) is 0 Å². The van der Waals surface area contributed by atoms with Crippen LogP contribution in [0.2, 0.25) is 0 Å². The molecule has 5 rings (SSSR count). The fourth-order valence-electron chi connectivity index (χ4n) is 4.34. The van der Waals surface area contributed by atoms with Crippen molar-refractivity contribution in [2.45, 2.75) is 18.9 Å². The lowest BCUT2D eigenvalue weighted by molar-refractivity contribution is 0.0862. The number of amides is 4. The summed E-state index contributed by atoms with van der Waals surface area (Å²) >= 11 is 0. The molecule has 2 N–H and O–H groups in total. The highest BCUT2D eigenvalue weighted by Gasteiger charge is 2.38. The smallest absolute Gasteiger partial charge is 0.261 e. The monoisotopic (exact) mass is 361 g/mol. The molecule has 3 aliphatic heterocycles. The molecule has 1 saturated heterocycles. The van der Waals surface area contributed by atoms with Crippen LogP contribution in [0.25, 0.3) is 0 Å². The summed E-state index contributed by atoms with van der Waals surface area (Å²) in [6.45, 7) is 0.696. The summed E-state index contributed by atoms with van der Waals surface area (Å²) in [5.41, 5.74) is 3.00. The lowest BCUT2D eigenvalue weighted by Gasteiger charge is -2.29. The molecule has 4 amide bonds. The molecule has 2 aromatic rings. The highest BCUT2D eigenvalue weighted by atomic mass is 16.2. The van der Waals surface area contributed by atoms with Crippen molar-refractivity contribution in [3.63, 3.8) is 0 Å². The fourth-order valence-corrected chi connectivity index (χ4v) is 4.34. The van der Waals surface area contributed by atoms with Crippen molar-refractivity contribution in [3.05, 3.63) is 64.2 Å². The SMILES string of the molecule is O=C1NC(=O)c2c1cccc2C1CCCN1c1cccc2c1C(=O)NC2=O. The molecule has 1 unspecified atom stereocenters. The Morgan fingerprint density at radius 3 is 2.15 bits per heavy atom. The van der Waals surface area contributed by atoms with E-state index in [1.165, 1.54) is 0 Å². The molecular weight excluding hydrogens is 346 g/mol. The van der Waals surface area contributed by atoms with Crippen LogP contribution in [0.15, 0.2) is 36.4 Å². The van der Waals surface area contributed by atoms with Crippen molar-refractivity contribution in [3.8, 4) is 0 Å². The number of hydrogen-bond donors (Lipinski definition) is 2. The third-order valence-electron chi connectivity index (χ3n) is 5.46. The fraction of sp³-hybridized carbons (Fsp3) is 0.200. The average molecular weight is 361 g/mol. The van der Waals surface area contributed by atoms with Gasteiger partial charge < -0.3 is 4.90 Å². The van der Waals surface area contributed by atoms with E-state index in [1.807, 2.05) is 12.1 Å². The Hall–Kier alpha value is -3.48. The Balaban J connectivity index is 1.64. The van der Waals surface area contributed by atoms with E-state index in [4.69, 9.17) is 0 Å². The van der Waals surface area contributed by atoms with Crippen LogP contribution in [-0.2, 0) is 0 Å². The Bertz CT molecular complexity index is 976. The second-order valence-corrected chi connectivity index (χ2v) is 6.89. The maximum absolute atomic E-state index is 12.3. The first-order valence-corrected chi connectivity index (χ1v) is 8.80. The van der Waals surface area contributed by atoms with E-state index in [2.05, 4.69) is 15.5 Å². The van der Waals surface area contributed by atoms with Crippen LogP contribution < -0.4 is 15.5 Å². The zero-order valence-corrected chi connectivity index (χ0v) is 14.2. The normalized spacial score (nSPS) is 20.6. The van der Waals surface area contributed by atoms with Gasteiger partial charge in [-0.25, -0.2) is 0 Å². The lowest BCUT2D eigenvalue weighted by atomic mass is 9.94. The minimum absolute atomic E-state index is 0.147. The van der Waals surface area contributed by atoms with Gasteiger partial charge in [0.15, 0.2) is 0 Å². The molecule has 0 spiro atoms. The van der Waals surface area contributed by atoms with Crippen LogP contribution in [0.4, 0.5) is 5.69 Å². The van der Waals surface area contributed by atoms with Gasteiger partial charge in [0.1, 0.15) is 0 Å². The number of nitrogens with zero attached hydrogens (tertiary/aromatic N) is 1. The summed E-state index contributed by atoms with van der Waals surface area (Å²) < 4.78 is 0. The molecule has 3 aliphatic rings. The number of nitrogens with one attached hydrogen (secondary N) is 2. The Labute approximate surface area is 154 Å². The number of fused-ring (bicyclic) bond motifs is 2. The van der Waals surface area contributed by atoms with Gasteiger partial charge in [-0.15, -0.1) is 0 Å². The maximum atomic E-state index is 12.3. The number of carbonyl (C=O) groups excluding carboxylic acids is 4. The van der Waals surface area contributed by atoms with Gasteiger partial charge >= 0.3 is 0 Å². The maximum Gasteiger partial charge on any atom is 0.261 e. The van der Waals surface area contributed by atoms with Crippen molar-refractivity contribution in [1.29, 1.82) is 0 Å². The summed E-state index contributed by atoms with van der Waals surface area (Å²) in [7, 11) is 0. The largest absolute Gasteiger partial charge is 0.364 e. The van der Waals surface area contributed by atoms with Gasteiger partial charge in [-0.3, -0.25) is 29.8 Å². The zero-order valence-electron chi connectivity index (χ0n) is 14.2. The van der Waals surface area contributed by atoms with Gasteiger partial charge in [0.05, 0.1) is 34.0 Å². The van der Waals surface area contributed by atoms with Gasteiger partial charge in [0.25, 0.3) is 23.6 Å². The van der Waals surface area contributed by atoms with Gasteiger partial charge in [0.2, 0.25) is 0 Å². The van der Waals surface area contributed by atoms with E-state index in [1.54, 1.807) is 24.3 Å². The second kappa shape index (κ2) is 5.51. The molecular formula is C20H15N3O4. The number of rotatable bonds is 2. The Morgan fingerprint density at radius 2 is 1.41 bits per heavy atom. The molecule has 0 aromatic heterocycles. The predicted octanol–water partition coefficient (Wildman–Crippen LogP) is 1.80. The van der Waals surface area contributed by atoms with E-state index in [-0.39, 0.29) is 17.9 Å². The van der Waals surface area contributed by atoms with Gasteiger partial charge in [-0.05, 0) is 36.6 Å². The van der Waals surface area contributed by atoms with Crippen molar-refractivity contribution in [1.82, 2.24) is 10.6 Å². The summed E-state index contributed by atoms with van der Waals surface area (Å²) in [6.07, 6.45) is 1.67. The van der Waals surface area contributed by atoms with Crippen LogP contribution >= 0.6 is 0 Å². The number of anilines is 1. The van der Waals surface area contributed by atoms with Crippen molar-refractivity contribution < 1.29 is 19.2 Å². The summed E-state index contributed by atoms with van der Waals surface area (Å²) in [5.74, 6) is -1.56. The van der Waals surface area contributed by atoms with Gasteiger partial charge in [0, 0.05) is 6.54 Å². The van der Waals surface area contributed by atoms with E-state index < -0.39 is 11.8 Å². The number of benzene rings is 2. The molecule has 0 radical (unpaired) electrons. The lowest BCUT2D eigenvalue weighted by Crippen LogP contribution is -2.27. The third kappa shape index (κ3) is 2.14. The quantitative estimate of drug-likeness (QED) is 0.795. The zero-order chi connectivity index (χ0) is 18.7. The van der Waals surface area contributed by atoms with Crippen molar-refractivity contribution in [2.24, 2.45) is 0 Å². The first kappa shape index (κ1) is 15.7. The van der Waals surface area contributed by atoms with Gasteiger partial charge in [-0.2, -0.15) is 0 Å². The topological polar surface area (TPSA) is 95.6 Å². The van der Waals surface area contributed by atoms with Crippen LogP contribution in [-0.4, -0.2) is 30.2 Å². The average Bonchev–Trinajstić information content (AvgIpc) is 3.33. The van der Waals surface area contributed by atoms with E-state index in [0.717, 1.165) is 18.4 Å². The summed E-state index contributed by atoms with van der Waals surface area (Å²) in [4.78, 5) is 50.7. The molecule has 134 valence electrons. The highest BCUT2D eigenvalue weighted by Crippen LogP contribution is 2.41.